The minimum Gasteiger partial charge on any atom is -0.497 e. The maximum atomic E-state index is 12.3. The zero-order chi connectivity index (χ0) is 18.5. The molecule has 26 heavy (non-hydrogen) atoms. The van der Waals surface area contributed by atoms with Crippen LogP contribution in [0.2, 0.25) is 0 Å². The molecule has 1 aromatic carbocycles. The zero-order valence-corrected chi connectivity index (χ0v) is 16.4. The summed E-state index contributed by atoms with van der Waals surface area (Å²) in [7, 11) is 3.42. The van der Waals surface area contributed by atoms with Crippen LogP contribution in [0.1, 0.15) is 10.4 Å². The Morgan fingerprint density at radius 2 is 2.04 bits per heavy atom. The Labute approximate surface area is 160 Å². The highest BCUT2D eigenvalue weighted by Gasteiger charge is 2.15. The number of hydrogen-bond acceptors (Lipinski definition) is 7. The van der Waals surface area contributed by atoms with Crippen LogP contribution in [0.4, 0.5) is 0 Å². The largest absolute Gasteiger partial charge is 0.497 e. The highest BCUT2D eigenvalue weighted by atomic mass is 32.2. The molecule has 6 nitrogen and oxygen atoms in total. The molecule has 2 heterocycles. The van der Waals surface area contributed by atoms with E-state index in [2.05, 4.69) is 23.2 Å². The summed E-state index contributed by atoms with van der Waals surface area (Å²) in [6.45, 7) is 2.67. The molecular weight excluding hydrogens is 370 g/mol. The minimum absolute atomic E-state index is 0.0204. The van der Waals surface area contributed by atoms with E-state index in [1.807, 2.05) is 29.6 Å². The van der Waals surface area contributed by atoms with E-state index in [1.54, 1.807) is 30.4 Å². The molecule has 2 aromatic heterocycles. The summed E-state index contributed by atoms with van der Waals surface area (Å²) >= 11 is 2.91. The van der Waals surface area contributed by atoms with E-state index >= 15 is 0 Å². The Morgan fingerprint density at radius 1 is 1.27 bits per heavy atom. The molecule has 0 atom stereocenters. The number of benzene rings is 1. The Hall–Kier alpha value is -2.32. The molecule has 0 N–H and O–H groups in total. The summed E-state index contributed by atoms with van der Waals surface area (Å²) in [6.07, 6.45) is 0. The summed E-state index contributed by atoms with van der Waals surface area (Å²) in [5.41, 5.74) is 2.02. The van der Waals surface area contributed by atoms with E-state index in [0.29, 0.717) is 17.7 Å². The first kappa shape index (κ1) is 18.5. The molecule has 3 rings (SSSR count). The number of methoxy groups -OCH3 is 1. The van der Waals surface area contributed by atoms with Crippen molar-refractivity contribution < 1.29 is 13.9 Å². The van der Waals surface area contributed by atoms with Gasteiger partial charge < -0.3 is 14.1 Å². The first-order chi connectivity index (χ1) is 12.6. The van der Waals surface area contributed by atoms with Crippen LogP contribution in [0.15, 0.2) is 45.4 Å². The number of thioether (sulfide) groups is 1. The predicted molar refractivity (Wildman–Crippen MR) is 103 cm³/mol. The molecular formula is C18H19N3O3S2. The van der Waals surface area contributed by atoms with Gasteiger partial charge in [-0.2, -0.15) is 0 Å². The molecule has 0 aliphatic carbocycles. The molecule has 0 radical (unpaired) electrons. The number of carbonyl (C=O) groups is 1. The summed E-state index contributed by atoms with van der Waals surface area (Å²) < 4.78 is 10.8. The third-order valence-electron chi connectivity index (χ3n) is 3.84. The molecule has 0 bridgehead atoms. The quantitative estimate of drug-likeness (QED) is 0.572. The predicted octanol–water partition coefficient (Wildman–Crippen LogP) is 3.87. The van der Waals surface area contributed by atoms with Crippen LogP contribution in [-0.2, 0) is 11.3 Å². The number of nitrogens with zero attached hydrogens (tertiary/aromatic N) is 3. The number of aryl methyl sites for hydroxylation is 1. The van der Waals surface area contributed by atoms with Crippen LogP contribution in [0.25, 0.3) is 11.5 Å². The standard InChI is InChI=1S/C18H19N3O3S2/c1-12-8-9-25-15(12)10-21(2)16(22)11-26-18-20-19-17(24-18)13-4-6-14(23-3)7-5-13/h4-9H,10-11H2,1-3H3. The number of hydrogen-bond donors (Lipinski definition) is 0. The minimum atomic E-state index is 0.0204. The Bertz CT molecular complexity index is 874. The van der Waals surface area contributed by atoms with Gasteiger partial charge in [0, 0.05) is 17.5 Å². The lowest BCUT2D eigenvalue weighted by atomic mass is 10.2. The first-order valence-corrected chi connectivity index (χ1v) is 9.81. The van der Waals surface area contributed by atoms with Crippen molar-refractivity contribution in [3.05, 3.63) is 46.2 Å². The molecule has 8 heteroatoms. The molecule has 0 aliphatic heterocycles. The van der Waals surface area contributed by atoms with Crippen LogP contribution < -0.4 is 4.74 Å². The average molecular weight is 390 g/mol. The van der Waals surface area contributed by atoms with Crippen molar-refractivity contribution in [2.45, 2.75) is 18.7 Å². The Morgan fingerprint density at radius 3 is 2.69 bits per heavy atom. The van der Waals surface area contributed by atoms with Crippen LogP contribution in [0.3, 0.4) is 0 Å². The van der Waals surface area contributed by atoms with Crippen molar-refractivity contribution in [2.75, 3.05) is 19.9 Å². The number of carbonyl (C=O) groups excluding carboxylic acids is 1. The molecule has 0 unspecified atom stereocenters. The maximum absolute atomic E-state index is 12.3. The fourth-order valence-corrected chi connectivity index (χ4v) is 3.88. The number of aromatic nitrogens is 2. The number of rotatable bonds is 7. The highest BCUT2D eigenvalue weighted by molar-refractivity contribution is 7.99. The fourth-order valence-electron chi connectivity index (χ4n) is 2.22. The molecule has 0 aliphatic rings. The molecule has 136 valence electrons. The van der Waals surface area contributed by atoms with Gasteiger partial charge in [0.25, 0.3) is 5.22 Å². The summed E-state index contributed by atoms with van der Waals surface area (Å²) in [5, 5.41) is 10.5. The second-order valence-corrected chi connectivity index (χ2v) is 7.59. The van der Waals surface area contributed by atoms with Crippen LogP contribution in [0, 0.1) is 6.92 Å². The molecule has 0 spiro atoms. The third kappa shape index (κ3) is 4.44. The Balaban J connectivity index is 1.55. The first-order valence-electron chi connectivity index (χ1n) is 7.94. The van der Waals surface area contributed by atoms with Gasteiger partial charge >= 0.3 is 0 Å². The highest BCUT2D eigenvalue weighted by Crippen LogP contribution is 2.25. The van der Waals surface area contributed by atoms with Gasteiger partial charge in [-0.3, -0.25) is 4.79 Å². The number of amides is 1. The second-order valence-electron chi connectivity index (χ2n) is 5.67. The van der Waals surface area contributed by atoms with E-state index in [4.69, 9.17) is 9.15 Å². The maximum Gasteiger partial charge on any atom is 0.277 e. The lowest BCUT2D eigenvalue weighted by molar-refractivity contribution is -0.127. The van der Waals surface area contributed by atoms with Crippen LogP contribution >= 0.6 is 23.1 Å². The normalized spacial score (nSPS) is 10.7. The van der Waals surface area contributed by atoms with Gasteiger partial charge in [0.1, 0.15) is 5.75 Å². The molecule has 0 saturated carbocycles. The molecule has 0 saturated heterocycles. The van der Waals surface area contributed by atoms with E-state index in [1.165, 1.54) is 22.2 Å². The molecule has 1 amide bonds. The zero-order valence-electron chi connectivity index (χ0n) is 14.8. The van der Waals surface area contributed by atoms with Crippen molar-refractivity contribution in [1.82, 2.24) is 15.1 Å². The van der Waals surface area contributed by atoms with Gasteiger partial charge in [-0.05, 0) is 48.2 Å². The van der Waals surface area contributed by atoms with E-state index < -0.39 is 0 Å². The number of thiophene rings is 1. The van der Waals surface area contributed by atoms with Gasteiger partial charge in [-0.1, -0.05) is 11.8 Å². The van der Waals surface area contributed by atoms with Gasteiger partial charge in [-0.25, -0.2) is 0 Å². The smallest absolute Gasteiger partial charge is 0.277 e. The van der Waals surface area contributed by atoms with Crippen molar-refractivity contribution in [3.63, 3.8) is 0 Å². The van der Waals surface area contributed by atoms with E-state index in [-0.39, 0.29) is 11.7 Å². The van der Waals surface area contributed by atoms with Crippen LogP contribution in [-0.4, -0.2) is 40.9 Å². The van der Waals surface area contributed by atoms with Gasteiger partial charge in [0.2, 0.25) is 11.8 Å². The lowest BCUT2D eigenvalue weighted by Crippen LogP contribution is -2.27. The lowest BCUT2D eigenvalue weighted by Gasteiger charge is -2.16. The third-order valence-corrected chi connectivity index (χ3v) is 5.65. The summed E-state index contributed by atoms with van der Waals surface area (Å²) in [4.78, 5) is 15.2. The number of ether oxygens (including phenoxy) is 1. The summed E-state index contributed by atoms with van der Waals surface area (Å²) in [6, 6.07) is 9.42. The van der Waals surface area contributed by atoms with Crippen molar-refractivity contribution in [2.24, 2.45) is 0 Å². The van der Waals surface area contributed by atoms with Gasteiger partial charge in [0.05, 0.1) is 19.4 Å². The Kier molecular flexibility index (Phi) is 5.95. The van der Waals surface area contributed by atoms with E-state index in [0.717, 1.165) is 11.3 Å². The van der Waals surface area contributed by atoms with Gasteiger partial charge in [0.15, 0.2) is 0 Å². The molecule has 3 aromatic rings. The SMILES string of the molecule is COc1ccc(-c2nnc(SCC(=O)N(C)Cc3sccc3C)o2)cc1. The topological polar surface area (TPSA) is 68.5 Å². The molecule has 0 fully saturated rings. The van der Waals surface area contributed by atoms with Crippen LogP contribution in [0.5, 0.6) is 5.75 Å². The monoisotopic (exact) mass is 389 g/mol. The summed E-state index contributed by atoms with van der Waals surface area (Å²) in [5.74, 6) is 1.46. The van der Waals surface area contributed by atoms with Crippen molar-refractivity contribution in [3.8, 4) is 17.2 Å². The fraction of sp³-hybridized carbons (Fsp3) is 0.278. The van der Waals surface area contributed by atoms with Crippen molar-refractivity contribution in [1.29, 1.82) is 0 Å². The van der Waals surface area contributed by atoms with Gasteiger partial charge in [-0.15, -0.1) is 21.5 Å². The second kappa shape index (κ2) is 8.37. The average Bonchev–Trinajstić information content (AvgIpc) is 3.29. The van der Waals surface area contributed by atoms with Crippen molar-refractivity contribution >= 4 is 29.0 Å². The van der Waals surface area contributed by atoms with E-state index in [9.17, 15) is 4.79 Å².